The summed E-state index contributed by atoms with van der Waals surface area (Å²) in [5.41, 5.74) is 1.65. The van der Waals surface area contributed by atoms with Crippen LogP contribution in [0.3, 0.4) is 0 Å². The Bertz CT molecular complexity index is 904. The molecule has 0 fully saturated rings. The van der Waals surface area contributed by atoms with Crippen molar-refractivity contribution in [3.8, 4) is 17.4 Å². The van der Waals surface area contributed by atoms with Crippen LogP contribution >= 0.6 is 0 Å². The Labute approximate surface area is 153 Å². The van der Waals surface area contributed by atoms with E-state index in [1.807, 2.05) is 0 Å². The Morgan fingerprint density at radius 1 is 1.19 bits per heavy atom. The highest BCUT2D eigenvalue weighted by molar-refractivity contribution is 5.39. The number of alkyl halides is 1. The molecule has 1 atom stereocenters. The third kappa shape index (κ3) is 4.94. The van der Waals surface area contributed by atoms with Crippen molar-refractivity contribution in [3.63, 3.8) is 0 Å². The molecule has 0 saturated carbocycles. The van der Waals surface area contributed by atoms with Crippen LogP contribution in [0.1, 0.15) is 18.3 Å². The summed E-state index contributed by atoms with van der Waals surface area (Å²) in [5, 5.41) is 7.93. The Kier molecular flexibility index (Phi) is 5.87. The van der Waals surface area contributed by atoms with Gasteiger partial charge in [-0.2, -0.15) is 4.98 Å². The molecule has 0 radical (unpaired) electrons. The molecule has 0 aliphatic rings. The summed E-state index contributed by atoms with van der Waals surface area (Å²) in [6, 6.07) is 5.89. The fraction of sp³-hybridized carbons (Fsp3) is 0.294. The van der Waals surface area contributed by atoms with Gasteiger partial charge in [0.2, 0.25) is 6.36 Å². The summed E-state index contributed by atoms with van der Waals surface area (Å²) in [6.07, 6.45) is 1.53. The highest BCUT2D eigenvalue weighted by atomic mass is 19.1. The molecule has 2 aromatic heterocycles. The smallest absolute Gasteiger partial charge is 0.317 e. The maximum Gasteiger partial charge on any atom is 0.317 e. The van der Waals surface area contributed by atoms with Crippen LogP contribution in [0.4, 0.5) is 8.78 Å². The molecule has 0 bridgehead atoms. The summed E-state index contributed by atoms with van der Waals surface area (Å²) in [5.74, 6) is -0.876. The van der Waals surface area contributed by atoms with Crippen LogP contribution in [0.5, 0.6) is 11.8 Å². The fourth-order valence-corrected chi connectivity index (χ4v) is 2.20. The second-order valence-electron chi connectivity index (χ2n) is 5.48. The van der Waals surface area contributed by atoms with E-state index in [1.54, 1.807) is 25.6 Å². The summed E-state index contributed by atoms with van der Waals surface area (Å²) in [4.78, 5) is 8.20. The van der Waals surface area contributed by atoms with Crippen LogP contribution in [0.2, 0.25) is 0 Å². The van der Waals surface area contributed by atoms with Gasteiger partial charge in [0.1, 0.15) is 12.3 Å². The first-order chi connectivity index (χ1) is 13.0. The van der Waals surface area contributed by atoms with Crippen molar-refractivity contribution in [2.45, 2.75) is 26.5 Å². The molecule has 1 aromatic carbocycles. The third-order valence-corrected chi connectivity index (χ3v) is 3.34. The molecule has 1 unspecified atom stereocenters. The highest BCUT2D eigenvalue weighted by Gasteiger charge is 2.11. The van der Waals surface area contributed by atoms with E-state index in [0.29, 0.717) is 23.7 Å². The molecule has 0 aliphatic carbocycles. The number of aromatic nitrogens is 5. The first kappa shape index (κ1) is 18.6. The Hall–Kier alpha value is -3.14. The van der Waals surface area contributed by atoms with Gasteiger partial charge in [-0.25, -0.2) is 18.4 Å². The normalized spacial score (nSPS) is 12.0. The van der Waals surface area contributed by atoms with Gasteiger partial charge in [-0.3, -0.25) is 0 Å². The number of ether oxygens (including phenoxy) is 3. The quantitative estimate of drug-likeness (QED) is 0.597. The zero-order chi connectivity index (χ0) is 19.2. The summed E-state index contributed by atoms with van der Waals surface area (Å²) in [6.45, 7) is 1.60. The molecule has 8 nitrogen and oxygen atoms in total. The van der Waals surface area contributed by atoms with Crippen LogP contribution in [-0.4, -0.2) is 38.4 Å². The van der Waals surface area contributed by atoms with Crippen molar-refractivity contribution in [1.29, 1.82) is 0 Å². The van der Waals surface area contributed by atoms with Gasteiger partial charge in [0.25, 0.3) is 0 Å². The van der Waals surface area contributed by atoms with E-state index < -0.39 is 12.2 Å². The average Bonchev–Trinajstić information content (AvgIpc) is 3.11. The van der Waals surface area contributed by atoms with Crippen molar-refractivity contribution in [3.05, 3.63) is 53.9 Å². The molecular weight excluding hydrogens is 360 g/mol. The number of hydrogen-bond donors (Lipinski definition) is 0. The van der Waals surface area contributed by atoms with Crippen molar-refractivity contribution in [1.82, 2.24) is 25.0 Å². The van der Waals surface area contributed by atoms with Crippen molar-refractivity contribution >= 4 is 0 Å². The van der Waals surface area contributed by atoms with Crippen LogP contribution < -0.4 is 9.47 Å². The molecule has 0 aliphatic heterocycles. The molecule has 142 valence electrons. The minimum absolute atomic E-state index is 0.0858. The number of hydrogen-bond acceptors (Lipinski definition) is 7. The Balaban J connectivity index is 1.69. The van der Waals surface area contributed by atoms with Gasteiger partial charge >= 0.3 is 6.01 Å². The predicted octanol–water partition coefficient (Wildman–Crippen LogP) is 2.62. The minimum atomic E-state index is -1.64. The SMILES string of the molecule is COCc1ccnc(OCc2cn(-c3ccc(F)c(OC(C)F)c3)nn2)n1. The molecule has 27 heavy (non-hydrogen) atoms. The topological polar surface area (TPSA) is 84.2 Å². The molecule has 0 amide bonds. The average molecular weight is 377 g/mol. The Morgan fingerprint density at radius 2 is 2.04 bits per heavy atom. The molecule has 0 N–H and O–H groups in total. The second kappa shape index (κ2) is 8.49. The summed E-state index contributed by atoms with van der Waals surface area (Å²) >= 11 is 0. The van der Waals surface area contributed by atoms with Crippen molar-refractivity contribution in [2.24, 2.45) is 0 Å². The molecule has 0 saturated heterocycles. The largest absolute Gasteiger partial charge is 0.458 e. The standard InChI is InChI=1S/C17H17F2N5O3/c1-11(18)27-16-7-14(3-4-15(16)19)24-8-13(22-23-24)10-26-17-20-6-5-12(21-17)9-25-2/h3-8,11H,9-10H2,1-2H3. The molecule has 0 spiro atoms. The number of nitrogens with zero attached hydrogens (tertiary/aromatic N) is 5. The van der Waals surface area contributed by atoms with Gasteiger partial charge in [-0.1, -0.05) is 5.21 Å². The lowest BCUT2D eigenvalue weighted by Crippen LogP contribution is -2.06. The van der Waals surface area contributed by atoms with Crippen LogP contribution in [0.25, 0.3) is 5.69 Å². The number of benzene rings is 1. The molecule has 10 heteroatoms. The molecule has 3 rings (SSSR count). The first-order valence-corrected chi connectivity index (χ1v) is 8.00. The van der Waals surface area contributed by atoms with Gasteiger partial charge in [-0.15, -0.1) is 5.10 Å². The zero-order valence-electron chi connectivity index (χ0n) is 14.7. The van der Waals surface area contributed by atoms with E-state index in [2.05, 4.69) is 20.3 Å². The van der Waals surface area contributed by atoms with E-state index >= 15 is 0 Å². The molecule has 3 aromatic rings. The van der Waals surface area contributed by atoms with Crippen LogP contribution in [-0.2, 0) is 18.0 Å². The monoisotopic (exact) mass is 377 g/mol. The van der Waals surface area contributed by atoms with Gasteiger partial charge in [0.15, 0.2) is 11.6 Å². The molecule has 2 heterocycles. The van der Waals surface area contributed by atoms with E-state index in [9.17, 15) is 8.78 Å². The zero-order valence-corrected chi connectivity index (χ0v) is 14.7. The maximum atomic E-state index is 13.7. The Morgan fingerprint density at radius 3 is 2.81 bits per heavy atom. The third-order valence-electron chi connectivity index (χ3n) is 3.34. The number of methoxy groups -OCH3 is 1. The lowest BCUT2D eigenvalue weighted by molar-refractivity contribution is 0.0814. The number of rotatable bonds is 8. The van der Waals surface area contributed by atoms with Gasteiger partial charge in [0.05, 0.1) is 24.2 Å². The van der Waals surface area contributed by atoms with Crippen molar-refractivity contribution in [2.75, 3.05) is 7.11 Å². The van der Waals surface area contributed by atoms with E-state index in [1.165, 1.54) is 29.8 Å². The second-order valence-corrected chi connectivity index (χ2v) is 5.48. The summed E-state index contributed by atoms with van der Waals surface area (Å²) in [7, 11) is 1.57. The van der Waals surface area contributed by atoms with E-state index in [0.717, 1.165) is 0 Å². The lowest BCUT2D eigenvalue weighted by atomic mass is 10.3. The van der Waals surface area contributed by atoms with Crippen LogP contribution in [0.15, 0.2) is 36.7 Å². The van der Waals surface area contributed by atoms with E-state index in [-0.39, 0.29) is 18.4 Å². The van der Waals surface area contributed by atoms with Crippen LogP contribution in [0, 0.1) is 5.82 Å². The van der Waals surface area contributed by atoms with Gasteiger partial charge in [-0.05, 0) is 18.2 Å². The predicted molar refractivity (Wildman–Crippen MR) is 89.6 cm³/mol. The van der Waals surface area contributed by atoms with Gasteiger partial charge in [0, 0.05) is 26.3 Å². The van der Waals surface area contributed by atoms with Crippen molar-refractivity contribution < 1.29 is 23.0 Å². The van der Waals surface area contributed by atoms with E-state index in [4.69, 9.17) is 14.2 Å². The molecular formula is C17H17F2N5O3. The minimum Gasteiger partial charge on any atom is -0.458 e. The number of halogens is 2. The first-order valence-electron chi connectivity index (χ1n) is 8.00. The summed E-state index contributed by atoms with van der Waals surface area (Å²) < 4.78 is 43.3. The highest BCUT2D eigenvalue weighted by Crippen LogP contribution is 2.22. The lowest BCUT2D eigenvalue weighted by Gasteiger charge is -2.09. The fourth-order valence-electron chi connectivity index (χ4n) is 2.20. The maximum absolute atomic E-state index is 13.7. The van der Waals surface area contributed by atoms with Gasteiger partial charge < -0.3 is 14.2 Å².